The summed E-state index contributed by atoms with van der Waals surface area (Å²) in [5.41, 5.74) is 1.29. The summed E-state index contributed by atoms with van der Waals surface area (Å²) < 4.78 is 1.14. The first-order valence-corrected chi connectivity index (χ1v) is 5.70. The molecule has 82 valence electrons. The lowest BCUT2D eigenvalue weighted by Gasteiger charge is -2.38. The van der Waals surface area contributed by atoms with E-state index in [-0.39, 0.29) is 0 Å². The maximum atomic E-state index is 4.04. The number of quaternary nitrogens is 1. The first-order chi connectivity index (χ1) is 6.60. The van der Waals surface area contributed by atoms with Gasteiger partial charge >= 0.3 is 0 Å². The van der Waals surface area contributed by atoms with Gasteiger partial charge in [0, 0.05) is 0 Å². The van der Waals surface area contributed by atoms with Gasteiger partial charge in [0.1, 0.15) is 0 Å². The molecule has 0 rings (SSSR count). The number of hydrogen-bond acceptors (Lipinski definition) is 0. The SMILES string of the molecule is C=CC[N+](CCC)(CCC)CC(=C)C. The maximum Gasteiger partial charge on any atom is 0.1000 e. The van der Waals surface area contributed by atoms with Crippen LogP contribution in [0.3, 0.4) is 0 Å². The average molecular weight is 196 g/mol. The second-order valence-electron chi connectivity index (χ2n) is 4.38. The Morgan fingerprint density at radius 1 is 1.21 bits per heavy atom. The molecule has 0 saturated carbocycles. The molecule has 0 aliphatic heterocycles. The summed E-state index contributed by atoms with van der Waals surface area (Å²) in [5.74, 6) is 0. The fourth-order valence-corrected chi connectivity index (χ4v) is 2.31. The predicted octanol–water partition coefficient (Wildman–Crippen LogP) is 3.39. The monoisotopic (exact) mass is 196 g/mol. The van der Waals surface area contributed by atoms with Gasteiger partial charge in [0.15, 0.2) is 0 Å². The number of nitrogens with zero attached hydrogens (tertiary/aromatic N) is 1. The molecule has 0 saturated heterocycles. The highest BCUT2D eigenvalue weighted by atomic mass is 15.3. The highest BCUT2D eigenvalue weighted by Gasteiger charge is 2.23. The molecule has 0 radical (unpaired) electrons. The van der Waals surface area contributed by atoms with E-state index < -0.39 is 0 Å². The molecule has 0 N–H and O–H groups in total. The molecule has 1 heteroatoms. The van der Waals surface area contributed by atoms with Gasteiger partial charge in [-0.25, -0.2) is 0 Å². The summed E-state index contributed by atoms with van der Waals surface area (Å²) in [6.07, 6.45) is 4.52. The fraction of sp³-hybridized carbons (Fsp3) is 0.692. The third-order valence-corrected chi connectivity index (χ3v) is 2.52. The van der Waals surface area contributed by atoms with Crippen LogP contribution in [0.4, 0.5) is 0 Å². The Morgan fingerprint density at radius 2 is 1.71 bits per heavy atom. The Hall–Kier alpha value is -0.560. The highest BCUT2D eigenvalue weighted by Crippen LogP contribution is 2.13. The molecular weight excluding hydrogens is 170 g/mol. The molecule has 0 aromatic rings. The molecule has 0 fully saturated rings. The zero-order chi connectivity index (χ0) is 11.0. The van der Waals surface area contributed by atoms with Crippen molar-refractivity contribution in [2.24, 2.45) is 0 Å². The van der Waals surface area contributed by atoms with Crippen molar-refractivity contribution in [1.29, 1.82) is 0 Å². The van der Waals surface area contributed by atoms with Gasteiger partial charge in [0.2, 0.25) is 0 Å². The molecule has 0 atom stereocenters. The third-order valence-electron chi connectivity index (χ3n) is 2.52. The second-order valence-corrected chi connectivity index (χ2v) is 4.38. The summed E-state index contributed by atoms with van der Waals surface area (Å²) in [4.78, 5) is 0. The van der Waals surface area contributed by atoms with Crippen LogP contribution in [-0.2, 0) is 0 Å². The van der Waals surface area contributed by atoms with E-state index in [1.54, 1.807) is 0 Å². The average Bonchev–Trinajstić information content (AvgIpc) is 2.03. The summed E-state index contributed by atoms with van der Waals surface area (Å²) in [7, 11) is 0. The second kappa shape index (κ2) is 6.83. The van der Waals surface area contributed by atoms with Gasteiger partial charge in [-0.15, -0.1) is 0 Å². The quantitative estimate of drug-likeness (QED) is 0.412. The van der Waals surface area contributed by atoms with Crippen molar-refractivity contribution in [2.45, 2.75) is 33.6 Å². The summed E-state index contributed by atoms with van der Waals surface area (Å²) in [5, 5.41) is 0. The van der Waals surface area contributed by atoms with Crippen LogP contribution < -0.4 is 0 Å². The normalized spacial score (nSPS) is 11.4. The third kappa shape index (κ3) is 4.61. The number of hydrogen-bond donors (Lipinski definition) is 0. The molecule has 0 aromatic carbocycles. The lowest BCUT2D eigenvalue weighted by Crippen LogP contribution is -2.50. The van der Waals surface area contributed by atoms with E-state index in [0.717, 1.165) is 17.6 Å². The first kappa shape index (κ1) is 13.4. The predicted molar refractivity (Wildman–Crippen MR) is 65.3 cm³/mol. The molecule has 0 bridgehead atoms. The smallest absolute Gasteiger partial charge is 0.1000 e. The van der Waals surface area contributed by atoms with Crippen molar-refractivity contribution < 1.29 is 4.48 Å². The minimum Gasteiger partial charge on any atom is -0.317 e. The Labute approximate surface area is 89.7 Å². The van der Waals surface area contributed by atoms with E-state index in [0.29, 0.717) is 0 Å². The minimum absolute atomic E-state index is 1.08. The lowest BCUT2D eigenvalue weighted by molar-refractivity contribution is -0.918. The topological polar surface area (TPSA) is 0 Å². The van der Waals surface area contributed by atoms with Crippen LogP contribution in [0, 0.1) is 0 Å². The molecule has 1 nitrogen and oxygen atoms in total. The zero-order valence-corrected chi connectivity index (χ0v) is 10.2. The highest BCUT2D eigenvalue weighted by molar-refractivity contribution is 4.88. The van der Waals surface area contributed by atoms with Crippen LogP contribution >= 0.6 is 0 Å². The first-order valence-electron chi connectivity index (χ1n) is 5.70. The van der Waals surface area contributed by atoms with Gasteiger partial charge in [0.25, 0.3) is 0 Å². The summed E-state index contributed by atoms with van der Waals surface area (Å²) in [6, 6.07) is 0. The molecule has 14 heavy (non-hydrogen) atoms. The van der Waals surface area contributed by atoms with Gasteiger partial charge in [0.05, 0.1) is 26.2 Å². The van der Waals surface area contributed by atoms with Crippen LogP contribution in [0.5, 0.6) is 0 Å². The van der Waals surface area contributed by atoms with Crippen LogP contribution in [0.2, 0.25) is 0 Å². The standard InChI is InChI=1S/C13H26N/c1-6-9-14(10-7-2,11-8-3)12-13(4)5/h6H,1,4,7-12H2,2-3,5H3/q+1. The summed E-state index contributed by atoms with van der Waals surface area (Å²) >= 11 is 0. The summed E-state index contributed by atoms with van der Waals surface area (Å²) in [6.45, 7) is 19.2. The fourth-order valence-electron chi connectivity index (χ4n) is 2.31. The molecule has 0 unspecified atom stereocenters. The van der Waals surface area contributed by atoms with E-state index in [2.05, 4.69) is 33.9 Å². The van der Waals surface area contributed by atoms with E-state index in [1.165, 1.54) is 31.5 Å². The van der Waals surface area contributed by atoms with Gasteiger partial charge in [-0.2, -0.15) is 0 Å². The van der Waals surface area contributed by atoms with Crippen LogP contribution in [0.1, 0.15) is 33.6 Å². The Bertz CT molecular complexity index is 176. The molecule has 0 heterocycles. The minimum atomic E-state index is 1.08. The van der Waals surface area contributed by atoms with E-state index in [9.17, 15) is 0 Å². The zero-order valence-electron chi connectivity index (χ0n) is 10.2. The van der Waals surface area contributed by atoms with Crippen molar-refractivity contribution in [3.05, 3.63) is 24.8 Å². The molecule has 0 amide bonds. The molecule has 0 aromatic heterocycles. The Balaban J connectivity index is 4.52. The lowest BCUT2D eigenvalue weighted by atomic mass is 10.2. The van der Waals surface area contributed by atoms with E-state index in [1.807, 2.05) is 6.08 Å². The Morgan fingerprint density at radius 3 is 2.00 bits per heavy atom. The molecule has 0 aliphatic rings. The molecule has 0 spiro atoms. The Kier molecular flexibility index (Phi) is 6.56. The van der Waals surface area contributed by atoms with Crippen molar-refractivity contribution in [2.75, 3.05) is 26.2 Å². The maximum absolute atomic E-state index is 4.04. The van der Waals surface area contributed by atoms with Gasteiger partial charge in [-0.1, -0.05) is 27.0 Å². The van der Waals surface area contributed by atoms with E-state index >= 15 is 0 Å². The van der Waals surface area contributed by atoms with Gasteiger partial charge in [-0.05, 0) is 31.4 Å². The van der Waals surface area contributed by atoms with Crippen LogP contribution in [0.15, 0.2) is 24.8 Å². The number of rotatable bonds is 8. The van der Waals surface area contributed by atoms with Crippen molar-refractivity contribution in [3.8, 4) is 0 Å². The van der Waals surface area contributed by atoms with Crippen molar-refractivity contribution >= 4 is 0 Å². The van der Waals surface area contributed by atoms with E-state index in [4.69, 9.17) is 0 Å². The van der Waals surface area contributed by atoms with Gasteiger partial charge in [-0.3, -0.25) is 0 Å². The molecule has 0 aliphatic carbocycles. The van der Waals surface area contributed by atoms with Crippen molar-refractivity contribution in [3.63, 3.8) is 0 Å². The molecular formula is C13H26N+. The van der Waals surface area contributed by atoms with Crippen LogP contribution in [0.25, 0.3) is 0 Å². The largest absolute Gasteiger partial charge is 0.317 e. The van der Waals surface area contributed by atoms with Crippen LogP contribution in [-0.4, -0.2) is 30.7 Å². The van der Waals surface area contributed by atoms with Crippen molar-refractivity contribution in [1.82, 2.24) is 0 Å². The van der Waals surface area contributed by atoms with Gasteiger partial charge < -0.3 is 4.48 Å².